The van der Waals surface area contributed by atoms with E-state index < -0.39 is 0 Å². The highest BCUT2D eigenvalue weighted by atomic mass is 16.5. The zero-order valence-electron chi connectivity index (χ0n) is 13.0. The van der Waals surface area contributed by atoms with Crippen LogP contribution in [0.5, 0.6) is 5.75 Å². The van der Waals surface area contributed by atoms with Gasteiger partial charge in [-0.2, -0.15) is 0 Å². The molecule has 2 aliphatic rings. The molecule has 116 valence electrons. The molecule has 0 bridgehead atoms. The molecule has 1 aromatic rings. The summed E-state index contributed by atoms with van der Waals surface area (Å²) in [5.74, 6) is 1.23. The minimum atomic E-state index is -0.346. The lowest BCUT2D eigenvalue weighted by Crippen LogP contribution is -2.43. The first kappa shape index (κ1) is 14.9. The zero-order valence-corrected chi connectivity index (χ0v) is 13.0. The van der Waals surface area contributed by atoms with Gasteiger partial charge >= 0.3 is 0 Å². The summed E-state index contributed by atoms with van der Waals surface area (Å²) in [6.45, 7) is 2.44. The summed E-state index contributed by atoms with van der Waals surface area (Å²) in [7, 11) is 1.68. The number of hydrogen-bond donors (Lipinski definition) is 1. The number of benzene rings is 1. The Kier molecular flexibility index (Phi) is 4.81. The average molecular weight is 289 g/mol. The Morgan fingerprint density at radius 3 is 2.38 bits per heavy atom. The number of aliphatic hydroxyl groups excluding tert-OH is 1. The van der Waals surface area contributed by atoms with Crippen LogP contribution in [0, 0.1) is 5.92 Å². The molecule has 1 aliphatic carbocycles. The molecule has 1 saturated heterocycles. The van der Waals surface area contributed by atoms with Gasteiger partial charge in [-0.15, -0.1) is 0 Å². The number of ether oxygens (including phenoxy) is 1. The molecule has 0 aromatic heterocycles. The van der Waals surface area contributed by atoms with Crippen LogP contribution in [0.25, 0.3) is 0 Å². The van der Waals surface area contributed by atoms with Crippen LogP contribution in [0.15, 0.2) is 24.3 Å². The van der Waals surface area contributed by atoms with Crippen molar-refractivity contribution < 1.29 is 9.84 Å². The minimum absolute atomic E-state index is 0.346. The molecule has 3 nitrogen and oxygen atoms in total. The Morgan fingerprint density at radius 2 is 1.71 bits per heavy atom. The smallest absolute Gasteiger partial charge is 0.118 e. The SMILES string of the molecule is COc1ccc([C@H](O)[C@H]2CCCC[C@H]2N2CCCC2)cc1. The molecule has 1 N–H and O–H groups in total. The van der Waals surface area contributed by atoms with E-state index >= 15 is 0 Å². The van der Waals surface area contributed by atoms with Crippen LogP contribution in [0.1, 0.15) is 50.2 Å². The number of nitrogens with zero attached hydrogens (tertiary/aromatic N) is 1. The van der Waals surface area contributed by atoms with Gasteiger partial charge in [0.15, 0.2) is 0 Å². The van der Waals surface area contributed by atoms with Crippen LogP contribution in [0.2, 0.25) is 0 Å². The fourth-order valence-corrected chi connectivity index (χ4v) is 4.08. The Labute approximate surface area is 127 Å². The van der Waals surface area contributed by atoms with E-state index in [0.717, 1.165) is 17.7 Å². The molecule has 0 unspecified atom stereocenters. The Morgan fingerprint density at radius 1 is 1.05 bits per heavy atom. The number of aliphatic hydroxyl groups is 1. The number of hydrogen-bond acceptors (Lipinski definition) is 3. The lowest BCUT2D eigenvalue weighted by molar-refractivity contribution is 0.0195. The van der Waals surface area contributed by atoms with Gasteiger partial charge in [-0.25, -0.2) is 0 Å². The standard InChI is InChI=1S/C18H27NO2/c1-21-15-10-8-14(9-11-15)18(20)16-6-2-3-7-17(16)19-12-4-5-13-19/h8-11,16-18,20H,2-7,12-13H2,1H3/t16-,17+,18-/m0/s1. The number of likely N-dealkylation sites (tertiary alicyclic amines) is 1. The van der Waals surface area contributed by atoms with Gasteiger partial charge in [0.25, 0.3) is 0 Å². The van der Waals surface area contributed by atoms with Crippen molar-refractivity contribution in [3.8, 4) is 5.75 Å². The van der Waals surface area contributed by atoms with Crippen LogP contribution < -0.4 is 4.74 Å². The van der Waals surface area contributed by atoms with Crippen LogP contribution in [-0.4, -0.2) is 36.2 Å². The van der Waals surface area contributed by atoms with E-state index in [4.69, 9.17) is 4.74 Å². The van der Waals surface area contributed by atoms with Crippen molar-refractivity contribution in [3.05, 3.63) is 29.8 Å². The van der Waals surface area contributed by atoms with Gasteiger partial charge < -0.3 is 14.7 Å². The van der Waals surface area contributed by atoms with Crippen molar-refractivity contribution in [1.82, 2.24) is 4.90 Å². The van der Waals surface area contributed by atoms with Gasteiger partial charge in [0.2, 0.25) is 0 Å². The molecular formula is C18H27NO2. The molecule has 3 heteroatoms. The maximum absolute atomic E-state index is 10.9. The maximum atomic E-state index is 10.9. The maximum Gasteiger partial charge on any atom is 0.118 e. The van der Waals surface area contributed by atoms with Crippen molar-refractivity contribution >= 4 is 0 Å². The highest BCUT2D eigenvalue weighted by Crippen LogP contribution is 2.38. The Bertz CT molecular complexity index is 439. The van der Waals surface area contributed by atoms with E-state index in [1.54, 1.807) is 7.11 Å². The first-order valence-corrected chi connectivity index (χ1v) is 8.35. The minimum Gasteiger partial charge on any atom is -0.497 e. The van der Waals surface area contributed by atoms with Crippen LogP contribution in [0.4, 0.5) is 0 Å². The van der Waals surface area contributed by atoms with E-state index in [0.29, 0.717) is 12.0 Å². The van der Waals surface area contributed by atoms with Crippen molar-refractivity contribution in [2.24, 2.45) is 5.92 Å². The van der Waals surface area contributed by atoms with Crippen LogP contribution >= 0.6 is 0 Å². The summed E-state index contributed by atoms with van der Waals surface area (Å²) in [6, 6.07) is 8.50. The van der Waals surface area contributed by atoms with Crippen molar-refractivity contribution in [2.75, 3.05) is 20.2 Å². The molecule has 0 spiro atoms. The van der Waals surface area contributed by atoms with E-state index in [9.17, 15) is 5.11 Å². The molecule has 1 saturated carbocycles. The summed E-state index contributed by atoms with van der Waals surface area (Å²) in [5, 5.41) is 10.9. The number of methoxy groups -OCH3 is 1. The third kappa shape index (κ3) is 3.24. The van der Waals surface area contributed by atoms with Crippen molar-refractivity contribution in [3.63, 3.8) is 0 Å². The third-order valence-corrected chi connectivity index (χ3v) is 5.25. The summed E-state index contributed by atoms with van der Waals surface area (Å²) in [4.78, 5) is 2.62. The molecule has 21 heavy (non-hydrogen) atoms. The summed E-state index contributed by atoms with van der Waals surface area (Å²) in [5.41, 5.74) is 1.03. The van der Waals surface area contributed by atoms with E-state index in [1.807, 2.05) is 24.3 Å². The molecule has 3 atom stereocenters. The van der Waals surface area contributed by atoms with E-state index in [1.165, 1.54) is 45.2 Å². The van der Waals surface area contributed by atoms with Crippen LogP contribution in [0.3, 0.4) is 0 Å². The van der Waals surface area contributed by atoms with Gasteiger partial charge in [0.05, 0.1) is 13.2 Å². The van der Waals surface area contributed by atoms with Crippen molar-refractivity contribution in [2.45, 2.75) is 50.7 Å². The molecule has 2 fully saturated rings. The summed E-state index contributed by atoms with van der Waals surface area (Å²) >= 11 is 0. The van der Waals surface area contributed by atoms with Gasteiger partial charge in [-0.05, 0) is 56.5 Å². The average Bonchev–Trinajstić information content (AvgIpc) is 3.08. The number of rotatable bonds is 4. The highest BCUT2D eigenvalue weighted by Gasteiger charge is 2.36. The fourth-order valence-electron chi connectivity index (χ4n) is 4.08. The predicted molar refractivity (Wildman–Crippen MR) is 84.5 cm³/mol. The monoisotopic (exact) mass is 289 g/mol. The molecule has 3 rings (SSSR count). The Hall–Kier alpha value is -1.06. The first-order chi connectivity index (χ1) is 10.3. The zero-order chi connectivity index (χ0) is 14.7. The largest absolute Gasteiger partial charge is 0.497 e. The molecular weight excluding hydrogens is 262 g/mol. The highest BCUT2D eigenvalue weighted by molar-refractivity contribution is 5.29. The third-order valence-electron chi connectivity index (χ3n) is 5.25. The second-order valence-corrected chi connectivity index (χ2v) is 6.48. The second kappa shape index (κ2) is 6.80. The van der Waals surface area contributed by atoms with Gasteiger partial charge in [-0.1, -0.05) is 25.0 Å². The van der Waals surface area contributed by atoms with E-state index in [2.05, 4.69) is 4.90 Å². The normalized spacial score (nSPS) is 28.5. The lowest BCUT2D eigenvalue weighted by Gasteiger charge is -2.40. The summed E-state index contributed by atoms with van der Waals surface area (Å²) in [6.07, 6.45) is 7.26. The lowest BCUT2D eigenvalue weighted by atomic mass is 9.78. The quantitative estimate of drug-likeness (QED) is 0.922. The molecule has 0 radical (unpaired) electrons. The molecule has 1 aliphatic heterocycles. The second-order valence-electron chi connectivity index (χ2n) is 6.48. The van der Waals surface area contributed by atoms with Gasteiger partial charge in [0.1, 0.15) is 5.75 Å². The fraction of sp³-hybridized carbons (Fsp3) is 0.667. The predicted octanol–water partition coefficient (Wildman–Crippen LogP) is 3.38. The first-order valence-electron chi connectivity index (χ1n) is 8.35. The van der Waals surface area contributed by atoms with Crippen LogP contribution in [-0.2, 0) is 0 Å². The van der Waals surface area contributed by atoms with Gasteiger partial charge in [-0.3, -0.25) is 0 Å². The molecule has 1 heterocycles. The molecule has 0 amide bonds. The Balaban J connectivity index is 1.74. The topological polar surface area (TPSA) is 32.7 Å². The molecule has 1 aromatic carbocycles. The van der Waals surface area contributed by atoms with Gasteiger partial charge in [0, 0.05) is 12.0 Å². The summed E-state index contributed by atoms with van der Waals surface area (Å²) < 4.78 is 5.21. The van der Waals surface area contributed by atoms with E-state index in [-0.39, 0.29) is 6.10 Å². The van der Waals surface area contributed by atoms with Crippen molar-refractivity contribution in [1.29, 1.82) is 0 Å².